The topological polar surface area (TPSA) is 12.4 Å². The summed E-state index contributed by atoms with van der Waals surface area (Å²) in [5.41, 5.74) is 8.98. The van der Waals surface area contributed by atoms with Crippen LogP contribution >= 0.6 is 0 Å². The molecule has 0 heterocycles. The van der Waals surface area contributed by atoms with Gasteiger partial charge in [0.15, 0.2) is 0 Å². The predicted octanol–water partition coefficient (Wildman–Crippen LogP) is 9.85. The number of rotatable bonds is 8. The number of nitrogens with zero attached hydrogens (tertiary/aromatic N) is 1. The van der Waals surface area contributed by atoms with Crippen LogP contribution in [0.15, 0.2) is 151 Å². The van der Waals surface area contributed by atoms with Crippen molar-refractivity contribution in [3.63, 3.8) is 0 Å². The normalized spacial score (nSPS) is 11.6. The van der Waals surface area contributed by atoms with E-state index < -0.39 is 19.3 Å². The molecule has 6 rings (SSSR count). The van der Waals surface area contributed by atoms with E-state index in [4.69, 9.17) is 4.99 Å². The monoisotopic (exact) mass is 689 g/mol. The maximum absolute atomic E-state index is 19.7. The van der Waals surface area contributed by atoms with Gasteiger partial charge in [0, 0.05) is 0 Å². The van der Waals surface area contributed by atoms with Crippen LogP contribution in [0.5, 0.6) is 0 Å². The maximum atomic E-state index is 19.7. The van der Waals surface area contributed by atoms with Crippen molar-refractivity contribution in [3.8, 4) is 0 Å². The number of hydrogen-bond donors (Lipinski definition) is 0. The molecule has 0 saturated carbocycles. The van der Waals surface area contributed by atoms with Gasteiger partial charge in [-0.25, -0.2) is 0 Å². The SMILES string of the molecule is Cc1cc(C)[c]([Ge]([F])([C](=C=NC(c2ccccc2)(c2ccccc2)c2ccccc2)c2ccccc2)[c]2c(C)cc(C)cc2C)c(C)c1. The molecule has 3 heteroatoms. The van der Waals surface area contributed by atoms with Crippen molar-refractivity contribution in [2.24, 2.45) is 4.99 Å². The third-order valence-corrected chi connectivity index (χ3v) is 17.8. The molecule has 0 unspecified atom stereocenters. The first kappa shape index (κ1) is 33.2. The van der Waals surface area contributed by atoms with E-state index in [1.807, 2.05) is 84.9 Å². The second kappa shape index (κ2) is 13.8. The van der Waals surface area contributed by atoms with Gasteiger partial charge in [-0.15, -0.1) is 0 Å². The fraction of sp³-hybridized carbons (Fsp3) is 0.156. The molecule has 1 nitrogen and oxygen atoms in total. The van der Waals surface area contributed by atoms with E-state index in [1.165, 1.54) is 0 Å². The van der Waals surface area contributed by atoms with Crippen LogP contribution in [0.4, 0.5) is 3.50 Å². The second-order valence-electron chi connectivity index (χ2n) is 13.0. The molecule has 0 aliphatic carbocycles. The van der Waals surface area contributed by atoms with Crippen LogP contribution in [-0.4, -0.2) is 19.6 Å². The van der Waals surface area contributed by atoms with Crippen LogP contribution in [0.2, 0.25) is 0 Å². The summed E-state index contributed by atoms with van der Waals surface area (Å²) in [6.45, 7) is 12.4. The molecule has 6 aromatic rings. The van der Waals surface area contributed by atoms with Gasteiger partial charge in [-0.05, 0) is 0 Å². The van der Waals surface area contributed by atoms with E-state index in [0.29, 0.717) is 4.41 Å². The molecule has 0 aliphatic rings. The van der Waals surface area contributed by atoms with Gasteiger partial charge in [-0.2, -0.15) is 0 Å². The molecule has 0 spiro atoms. The summed E-state index contributed by atoms with van der Waals surface area (Å²) in [5.74, 6) is 3.60. The first-order valence-corrected chi connectivity index (χ1v) is 20.5. The quantitative estimate of drug-likeness (QED) is 0.0858. The van der Waals surface area contributed by atoms with Crippen LogP contribution in [-0.2, 0) is 5.54 Å². The zero-order valence-electron chi connectivity index (χ0n) is 28.7. The minimum atomic E-state index is -5.06. The van der Waals surface area contributed by atoms with Crippen molar-refractivity contribution in [2.45, 2.75) is 47.1 Å². The molecular formula is C45H42FGeN. The molecule has 0 atom stereocenters. The molecule has 48 heavy (non-hydrogen) atoms. The van der Waals surface area contributed by atoms with Crippen molar-refractivity contribution < 1.29 is 3.50 Å². The standard InChI is InChI=1S/C45H42FGeN/c1-32-27-34(3)43(35(4)28-32)47(46,44-36(5)29-33(2)30-37(44)6)42(38-19-11-7-12-20-38)31-48-45(39-21-13-8-14-22-39,40-23-15-9-16-24-40)41-25-17-10-18-26-41/h7-30H,1-6H3. The molecule has 0 aliphatic heterocycles. The van der Waals surface area contributed by atoms with Gasteiger partial charge in [-0.3, -0.25) is 0 Å². The van der Waals surface area contributed by atoms with Gasteiger partial charge in [-0.1, -0.05) is 0 Å². The van der Waals surface area contributed by atoms with E-state index in [-0.39, 0.29) is 0 Å². The van der Waals surface area contributed by atoms with Gasteiger partial charge in [0.25, 0.3) is 0 Å². The zero-order valence-corrected chi connectivity index (χ0v) is 30.8. The molecule has 0 radical (unpaired) electrons. The number of benzene rings is 6. The Morgan fingerprint density at radius 3 is 1.15 bits per heavy atom. The third-order valence-electron chi connectivity index (χ3n) is 9.36. The average molecular weight is 688 g/mol. The Bertz CT molecular complexity index is 1910. The van der Waals surface area contributed by atoms with Crippen LogP contribution < -0.4 is 8.79 Å². The van der Waals surface area contributed by atoms with Crippen molar-refractivity contribution in [1.29, 1.82) is 0 Å². The summed E-state index contributed by atoms with van der Waals surface area (Å²) in [5, 5.41) is 0. The Balaban J connectivity index is 1.83. The van der Waals surface area contributed by atoms with Crippen LogP contribution in [0.3, 0.4) is 0 Å². The summed E-state index contributed by atoms with van der Waals surface area (Å²) >= 11 is -5.06. The van der Waals surface area contributed by atoms with E-state index in [1.54, 1.807) is 0 Å². The Kier molecular flexibility index (Phi) is 9.51. The molecule has 0 bridgehead atoms. The summed E-state index contributed by atoms with van der Waals surface area (Å²) in [6.07, 6.45) is 0. The number of halogens is 1. The van der Waals surface area contributed by atoms with E-state index in [9.17, 15) is 0 Å². The molecule has 0 N–H and O–H groups in total. The predicted molar refractivity (Wildman–Crippen MR) is 204 cm³/mol. The van der Waals surface area contributed by atoms with Crippen LogP contribution in [0.1, 0.15) is 55.6 Å². The number of aliphatic imine (C=N–C) groups is 1. The number of aryl methyl sites for hydroxylation is 6. The third kappa shape index (κ3) is 6.03. The van der Waals surface area contributed by atoms with E-state index in [2.05, 4.69) is 108 Å². The Morgan fingerprint density at radius 1 is 0.500 bits per heavy atom. The van der Waals surface area contributed by atoms with Gasteiger partial charge >= 0.3 is 290 Å². The number of hydrogen-bond acceptors (Lipinski definition) is 1. The van der Waals surface area contributed by atoms with Gasteiger partial charge in [0.05, 0.1) is 0 Å². The minimum absolute atomic E-state index is 0.563. The summed E-state index contributed by atoms with van der Waals surface area (Å²) in [7, 11) is 0. The van der Waals surface area contributed by atoms with Gasteiger partial charge in [0.1, 0.15) is 0 Å². The molecular weight excluding hydrogens is 646 g/mol. The van der Waals surface area contributed by atoms with E-state index >= 15 is 3.50 Å². The van der Waals surface area contributed by atoms with Gasteiger partial charge < -0.3 is 0 Å². The van der Waals surface area contributed by atoms with E-state index in [0.717, 1.165) is 64.4 Å². The van der Waals surface area contributed by atoms with Crippen LogP contribution in [0, 0.1) is 41.5 Å². The first-order valence-electron chi connectivity index (χ1n) is 16.6. The first-order chi connectivity index (χ1) is 23.2. The summed E-state index contributed by atoms with van der Waals surface area (Å²) in [6, 6.07) is 49.5. The average Bonchev–Trinajstić information content (AvgIpc) is 3.07. The fourth-order valence-corrected chi connectivity index (χ4v) is 16.0. The molecule has 6 aromatic carbocycles. The Labute approximate surface area is 288 Å². The molecule has 0 saturated heterocycles. The zero-order chi connectivity index (χ0) is 33.9. The van der Waals surface area contributed by atoms with Crippen molar-refractivity contribution in [2.75, 3.05) is 0 Å². The molecule has 0 aromatic heterocycles. The summed E-state index contributed by atoms with van der Waals surface area (Å²) < 4.78 is 21.9. The molecule has 0 amide bonds. The van der Waals surface area contributed by atoms with Crippen molar-refractivity contribution in [1.82, 2.24) is 0 Å². The van der Waals surface area contributed by atoms with Crippen LogP contribution in [0.25, 0.3) is 4.41 Å². The second-order valence-corrected chi connectivity index (χ2v) is 18.9. The Morgan fingerprint density at radius 2 is 0.812 bits per heavy atom. The molecule has 238 valence electrons. The molecule has 0 fully saturated rings. The summed E-state index contributed by atoms with van der Waals surface area (Å²) in [4.78, 5) is 5.53. The van der Waals surface area contributed by atoms with Crippen molar-refractivity contribution >= 4 is 32.8 Å². The fourth-order valence-electron chi connectivity index (χ4n) is 7.64. The van der Waals surface area contributed by atoms with Crippen molar-refractivity contribution in [3.05, 3.63) is 201 Å². The van der Waals surface area contributed by atoms with Gasteiger partial charge in [0.2, 0.25) is 0 Å². The Hall–Kier alpha value is -4.76.